The first kappa shape index (κ1) is 89.9. The van der Waals surface area contributed by atoms with Crippen molar-refractivity contribution in [1.82, 2.24) is 0 Å². The highest BCUT2D eigenvalue weighted by molar-refractivity contribution is 5.77. The van der Waals surface area contributed by atoms with Gasteiger partial charge in [0.05, 0.1) is 55.9 Å². The molecule has 0 spiro atoms. The summed E-state index contributed by atoms with van der Waals surface area (Å²) in [6, 6.07) is 40.2. The van der Waals surface area contributed by atoms with Gasteiger partial charge in [-0.3, -0.25) is 4.79 Å². The fourth-order valence-electron chi connectivity index (χ4n) is 6.89. The number of rotatable bonds is 25. The molecule has 78 heavy (non-hydrogen) atoms. The molecule has 0 amide bonds. The van der Waals surface area contributed by atoms with Crippen molar-refractivity contribution < 1.29 is 61.8 Å². The Morgan fingerprint density at radius 1 is 0.487 bits per heavy atom. The number of alkyl halides is 3. The standard InChI is InChI=1S/C15H22O4.C14H19F3O2.C14H19NO2.C13H20O2.8CH4/c1-5-15(3,14(16)17-4)13(19-18-6-2)12-10-8-7-9-11-12;1-4-13(3,14(15,16)17)12(19-18-5-2)11-9-7-6-8-10-11;1-4-14(3,11-15)13(17-16-5-2)12-9-7-6-8-10-12;1-4-11(3)13(15-14-5-2)12-9-7-6-8-10-12;;;;;;;;/h7-11,13H,5-6H2,1-4H3;6-10,12H,4-5H2,1-3H3;6-10,13H,4-5H2,1-3H3;6-11,13H,4-5H2,1-3H3;8*1H4. The van der Waals surface area contributed by atoms with Gasteiger partial charge in [0.15, 0.2) is 0 Å². The van der Waals surface area contributed by atoms with E-state index in [9.17, 15) is 23.2 Å². The predicted molar refractivity (Wildman–Crippen MR) is 320 cm³/mol. The summed E-state index contributed by atoms with van der Waals surface area (Å²) in [4.78, 5) is 53.4. The molecule has 0 aliphatic carbocycles. The van der Waals surface area contributed by atoms with Crippen LogP contribution >= 0.6 is 0 Å². The van der Waals surface area contributed by atoms with E-state index in [1.54, 1.807) is 37.3 Å². The molecule has 0 saturated carbocycles. The molecule has 0 heterocycles. The lowest BCUT2D eigenvalue weighted by Gasteiger charge is -2.37. The second kappa shape index (κ2) is 48.2. The Bertz CT molecular complexity index is 1980. The molecule has 0 bridgehead atoms. The number of nitrogens with zero attached hydrogens (tertiary/aromatic N) is 1. The average Bonchev–Trinajstić information content (AvgIpc) is 3.39. The van der Waals surface area contributed by atoms with Crippen LogP contribution in [0.1, 0.15) is 215 Å². The molecule has 0 aliphatic rings. The van der Waals surface area contributed by atoms with Crippen LogP contribution in [0.4, 0.5) is 13.2 Å². The van der Waals surface area contributed by atoms with Gasteiger partial charge in [-0.05, 0) is 95.9 Å². The number of carbonyl (C=O) groups excluding carboxylic acids is 1. The first-order valence-corrected chi connectivity index (χ1v) is 24.3. The maximum atomic E-state index is 13.3. The van der Waals surface area contributed by atoms with Gasteiger partial charge in [-0.1, -0.05) is 222 Å². The fourth-order valence-corrected chi connectivity index (χ4v) is 6.89. The van der Waals surface area contributed by atoms with E-state index in [0.29, 0.717) is 44.1 Å². The number of benzene rings is 4. The molecule has 0 radical (unpaired) electrons. The number of methoxy groups -OCH3 is 1. The van der Waals surface area contributed by atoms with Crippen molar-refractivity contribution in [2.75, 3.05) is 33.5 Å². The minimum atomic E-state index is -4.38. The highest BCUT2D eigenvalue weighted by Gasteiger charge is 2.56. The molecule has 4 rings (SSSR count). The lowest BCUT2D eigenvalue weighted by atomic mass is 9.77. The van der Waals surface area contributed by atoms with Gasteiger partial charge >= 0.3 is 12.1 Å². The lowest BCUT2D eigenvalue weighted by molar-refractivity contribution is -0.376. The maximum Gasteiger partial charge on any atom is 0.397 e. The molecule has 0 aromatic heterocycles. The van der Waals surface area contributed by atoms with Crippen LogP contribution in [0, 0.1) is 33.5 Å². The van der Waals surface area contributed by atoms with E-state index in [1.807, 2.05) is 127 Å². The largest absolute Gasteiger partial charge is 0.469 e. The third-order valence-electron chi connectivity index (χ3n) is 12.2. The predicted octanol–water partition coefficient (Wildman–Crippen LogP) is 20.4. The second-order valence-corrected chi connectivity index (χ2v) is 17.0. The quantitative estimate of drug-likeness (QED) is 0.0358. The summed E-state index contributed by atoms with van der Waals surface area (Å²) >= 11 is 0. The van der Waals surface area contributed by atoms with Crippen molar-refractivity contribution in [3.63, 3.8) is 0 Å². The number of nitriles is 1. The van der Waals surface area contributed by atoms with Gasteiger partial charge < -0.3 is 4.74 Å². The lowest BCUT2D eigenvalue weighted by Crippen LogP contribution is -2.41. The zero-order valence-corrected chi connectivity index (χ0v) is 43.8. The molecule has 14 heteroatoms. The summed E-state index contributed by atoms with van der Waals surface area (Å²) in [6.45, 7) is 23.6. The first-order chi connectivity index (χ1) is 33.4. The summed E-state index contributed by atoms with van der Waals surface area (Å²) in [5.41, 5.74) is 0.126. The van der Waals surface area contributed by atoms with Crippen molar-refractivity contribution in [1.29, 1.82) is 5.26 Å². The van der Waals surface area contributed by atoms with Crippen LogP contribution in [0.5, 0.6) is 0 Å². The van der Waals surface area contributed by atoms with Crippen LogP contribution in [0.15, 0.2) is 121 Å². The average molecular weight is 1110 g/mol. The van der Waals surface area contributed by atoms with E-state index in [4.69, 9.17) is 43.8 Å². The van der Waals surface area contributed by atoms with Crippen molar-refractivity contribution in [2.24, 2.45) is 22.2 Å². The van der Waals surface area contributed by atoms with E-state index in [0.717, 1.165) is 24.5 Å². The van der Waals surface area contributed by atoms with Crippen molar-refractivity contribution in [3.05, 3.63) is 144 Å². The monoisotopic (exact) mass is 1110 g/mol. The Labute approximate surface area is 475 Å². The smallest absolute Gasteiger partial charge is 0.397 e. The maximum absolute atomic E-state index is 13.3. The normalized spacial score (nSPS) is 14.2. The Balaban J connectivity index is -0.000000135. The third-order valence-corrected chi connectivity index (χ3v) is 12.2. The number of carbonyl (C=O) groups is 1. The molecular formula is C64H112F3NO10. The minimum Gasteiger partial charge on any atom is -0.469 e. The Morgan fingerprint density at radius 3 is 1.10 bits per heavy atom. The molecule has 4 aromatic rings. The van der Waals surface area contributed by atoms with Gasteiger partial charge in [0.2, 0.25) is 0 Å². The van der Waals surface area contributed by atoms with E-state index in [1.165, 1.54) is 19.6 Å². The Kier molecular flexibility index (Phi) is 55.6. The first-order valence-electron chi connectivity index (χ1n) is 24.3. The summed E-state index contributed by atoms with van der Waals surface area (Å²) in [5.74, 6) is 0.155. The van der Waals surface area contributed by atoms with Gasteiger partial charge in [0, 0.05) is 0 Å². The molecule has 4 aromatic carbocycles. The van der Waals surface area contributed by atoms with Gasteiger partial charge in [-0.25, -0.2) is 39.1 Å². The summed E-state index contributed by atoms with van der Waals surface area (Å²) in [7, 11) is 1.39. The Hall–Kier alpha value is -4.69. The van der Waals surface area contributed by atoms with Gasteiger partial charge in [0.25, 0.3) is 0 Å². The fraction of sp³-hybridized carbons (Fsp3) is 0.594. The number of ether oxygens (including phenoxy) is 1. The van der Waals surface area contributed by atoms with Crippen LogP contribution in [0.2, 0.25) is 0 Å². The second-order valence-electron chi connectivity index (χ2n) is 17.0. The van der Waals surface area contributed by atoms with E-state index in [-0.39, 0.29) is 90.6 Å². The van der Waals surface area contributed by atoms with E-state index >= 15 is 0 Å². The van der Waals surface area contributed by atoms with Crippen molar-refractivity contribution in [3.8, 4) is 6.07 Å². The van der Waals surface area contributed by atoms with Crippen LogP contribution in [0.3, 0.4) is 0 Å². The van der Waals surface area contributed by atoms with Crippen LogP contribution < -0.4 is 0 Å². The number of halogens is 3. The number of esters is 1. The number of hydrogen-bond donors (Lipinski definition) is 0. The summed E-state index contributed by atoms with van der Waals surface area (Å²) in [5, 5.41) is 9.33. The van der Waals surface area contributed by atoms with Crippen LogP contribution in [-0.4, -0.2) is 45.7 Å². The molecule has 8 unspecified atom stereocenters. The molecule has 0 N–H and O–H groups in total. The van der Waals surface area contributed by atoms with Gasteiger partial charge in [0.1, 0.15) is 24.4 Å². The summed E-state index contributed by atoms with van der Waals surface area (Å²) in [6.07, 6.45) is -4.10. The van der Waals surface area contributed by atoms with Crippen LogP contribution in [0.25, 0.3) is 0 Å². The Morgan fingerprint density at radius 2 is 0.808 bits per heavy atom. The minimum absolute atomic E-state index is 0. The molecule has 0 fully saturated rings. The molecule has 11 nitrogen and oxygen atoms in total. The number of hydrogen-bond acceptors (Lipinski definition) is 11. The van der Waals surface area contributed by atoms with Crippen molar-refractivity contribution in [2.45, 2.75) is 199 Å². The van der Waals surface area contributed by atoms with Gasteiger partial charge in [-0.15, -0.1) is 0 Å². The molecule has 0 aliphatic heterocycles. The molecule has 0 saturated heterocycles. The molecular weight excluding hydrogens is 1000 g/mol. The highest BCUT2D eigenvalue weighted by Crippen LogP contribution is 2.51. The topological polar surface area (TPSA) is 124 Å². The molecule has 8 atom stereocenters. The van der Waals surface area contributed by atoms with E-state index < -0.39 is 34.6 Å². The van der Waals surface area contributed by atoms with E-state index in [2.05, 4.69) is 32.0 Å². The SMILES string of the molecule is C.C.C.C.C.C.C.C.CCOOC(c1ccccc1)C(C)(C#N)CC.CCOOC(c1ccccc1)C(C)(CC)C(=O)OC.CCOOC(c1ccccc1)C(C)(CC)C(F)(F)F.CCOOC(c1ccccc1)C(C)CC. The molecule has 454 valence electrons. The third kappa shape index (κ3) is 27.9. The zero-order valence-electron chi connectivity index (χ0n) is 43.8. The highest BCUT2D eigenvalue weighted by atomic mass is 19.4. The van der Waals surface area contributed by atoms with Crippen LogP contribution in [-0.2, 0) is 48.6 Å². The van der Waals surface area contributed by atoms with Crippen molar-refractivity contribution >= 4 is 5.97 Å². The van der Waals surface area contributed by atoms with Gasteiger partial charge in [-0.2, -0.15) is 18.4 Å². The zero-order chi connectivity index (χ0) is 52.6. The summed E-state index contributed by atoms with van der Waals surface area (Å²) < 4.78 is 44.9.